The van der Waals surface area contributed by atoms with Crippen molar-refractivity contribution in [2.75, 3.05) is 13.7 Å². The van der Waals surface area contributed by atoms with Gasteiger partial charge >= 0.3 is 5.97 Å². The van der Waals surface area contributed by atoms with Crippen LogP contribution in [0.2, 0.25) is 0 Å². The summed E-state index contributed by atoms with van der Waals surface area (Å²) in [6, 6.07) is 5.66. The van der Waals surface area contributed by atoms with Gasteiger partial charge in [0.2, 0.25) is 0 Å². The summed E-state index contributed by atoms with van der Waals surface area (Å²) < 4.78 is 10.0. The summed E-state index contributed by atoms with van der Waals surface area (Å²) in [5, 5.41) is 10.1. The Hall–Kier alpha value is -1.55. The number of methoxy groups -OCH3 is 1. The fourth-order valence-corrected chi connectivity index (χ4v) is 1.73. The van der Waals surface area contributed by atoms with Gasteiger partial charge in [-0.3, -0.25) is 4.79 Å². The molecule has 0 fully saturated rings. The third-order valence-electron chi connectivity index (χ3n) is 2.67. The Morgan fingerprint density at radius 3 is 2.78 bits per heavy atom. The van der Waals surface area contributed by atoms with E-state index in [1.54, 1.807) is 0 Å². The highest BCUT2D eigenvalue weighted by molar-refractivity contribution is 5.69. The predicted molar refractivity (Wildman–Crippen MR) is 68.6 cm³/mol. The van der Waals surface area contributed by atoms with E-state index in [1.807, 2.05) is 32.0 Å². The number of carbonyl (C=O) groups is 1. The lowest BCUT2D eigenvalue weighted by Gasteiger charge is -2.16. The van der Waals surface area contributed by atoms with Gasteiger partial charge in [0.1, 0.15) is 5.75 Å². The highest BCUT2D eigenvalue weighted by Gasteiger charge is 2.15. The molecule has 0 aliphatic rings. The van der Waals surface area contributed by atoms with Gasteiger partial charge in [0.15, 0.2) is 0 Å². The van der Waals surface area contributed by atoms with Crippen molar-refractivity contribution in [2.45, 2.75) is 32.8 Å². The normalized spacial score (nSPS) is 12.0. The average Bonchev–Trinajstić information content (AvgIpc) is 2.37. The van der Waals surface area contributed by atoms with Crippen molar-refractivity contribution in [3.05, 3.63) is 29.3 Å². The molecule has 1 aromatic carbocycles. The molecule has 1 atom stereocenters. The molecule has 0 aromatic heterocycles. The van der Waals surface area contributed by atoms with Gasteiger partial charge in [0, 0.05) is 12.0 Å². The molecule has 0 spiro atoms. The van der Waals surface area contributed by atoms with Crippen molar-refractivity contribution >= 4 is 5.97 Å². The molecule has 100 valence electrons. The highest BCUT2D eigenvalue weighted by atomic mass is 16.5. The second-order valence-corrected chi connectivity index (χ2v) is 4.10. The number of ether oxygens (including phenoxy) is 2. The zero-order chi connectivity index (χ0) is 13.5. The Morgan fingerprint density at radius 1 is 1.44 bits per heavy atom. The Kier molecular flexibility index (Phi) is 5.65. The molecule has 0 heterocycles. The Morgan fingerprint density at radius 2 is 2.17 bits per heavy atom. The van der Waals surface area contributed by atoms with Crippen molar-refractivity contribution in [1.82, 2.24) is 0 Å². The monoisotopic (exact) mass is 252 g/mol. The molecule has 1 rings (SSSR count). The second kappa shape index (κ2) is 7.01. The summed E-state index contributed by atoms with van der Waals surface area (Å²) in [7, 11) is 1.34. The lowest BCUT2D eigenvalue weighted by molar-refractivity contribution is -0.141. The first-order chi connectivity index (χ1) is 8.58. The summed E-state index contributed by atoms with van der Waals surface area (Å²) >= 11 is 0. The van der Waals surface area contributed by atoms with Crippen molar-refractivity contribution in [2.24, 2.45) is 0 Å². The minimum absolute atomic E-state index is 0.192. The maximum atomic E-state index is 11.1. The molecule has 4 heteroatoms. The Bertz CT molecular complexity index is 401. The number of benzene rings is 1. The van der Waals surface area contributed by atoms with E-state index in [1.165, 1.54) is 7.11 Å². The summed E-state index contributed by atoms with van der Waals surface area (Å²) in [5.74, 6) is 0.347. The number of rotatable bonds is 6. The van der Waals surface area contributed by atoms with E-state index in [4.69, 9.17) is 4.74 Å². The number of hydrogen-bond donors (Lipinski definition) is 1. The number of esters is 1. The van der Waals surface area contributed by atoms with Crippen LogP contribution in [0.5, 0.6) is 5.75 Å². The maximum Gasteiger partial charge on any atom is 0.305 e. The van der Waals surface area contributed by atoms with Crippen LogP contribution in [0.15, 0.2) is 18.2 Å². The quantitative estimate of drug-likeness (QED) is 0.790. The first-order valence-electron chi connectivity index (χ1n) is 6.06. The first kappa shape index (κ1) is 14.5. The second-order valence-electron chi connectivity index (χ2n) is 4.10. The molecule has 1 unspecified atom stereocenters. The highest BCUT2D eigenvalue weighted by Crippen LogP contribution is 2.29. The summed E-state index contributed by atoms with van der Waals surface area (Å²) in [4.78, 5) is 11.1. The van der Waals surface area contributed by atoms with Crippen LogP contribution in [0, 0.1) is 6.92 Å². The Labute approximate surface area is 108 Å². The van der Waals surface area contributed by atoms with E-state index in [0.29, 0.717) is 18.8 Å². The molecule has 1 N–H and O–H groups in total. The fraction of sp³-hybridized carbons (Fsp3) is 0.500. The van der Waals surface area contributed by atoms with Crippen molar-refractivity contribution in [3.63, 3.8) is 0 Å². The van der Waals surface area contributed by atoms with Gasteiger partial charge < -0.3 is 14.6 Å². The van der Waals surface area contributed by atoms with Crippen LogP contribution in [0.1, 0.15) is 37.0 Å². The summed E-state index contributed by atoms with van der Waals surface area (Å²) in [5.41, 5.74) is 1.77. The lowest BCUT2D eigenvalue weighted by Crippen LogP contribution is -2.07. The van der Waals surface area contributed by atoms with Gasteiger partial charge in [-0.15, -0.1) is 0 Å². The topological polar surface area (TPSA) is 55.8 Å². The van der Waals surface area contributed by atoms with Crippen LogP contribution in [-0.2, 0) is 9.53 Å². The van der Waals surface area contributed by atoms with Crippen LogP contribution in [0.4, 0.5) is 0 Å². The van der Waals surface area contributed by atoms with Crippen molar-refractivity contribution < 1.29 is 19.4 Å². The molecule has 4 nitrogen and oxygen atoms in total. The number of aliphatic hydroxyl groups is 1. The minimum atomic E-state index is -0.717. The van der Waals surface area contributed by atoms with Gasteiger partial charge in [-0.25, -0.2) is 0 Å². The SMILES string of the molecule is CCOc1ccc(C)cc1C(O)CCC(=O)OC. The number of carbonyl (C=O) groups excluding carboxylic acids is 1. The molecule has 0 aliphatic carbocycles. The van der Waals surface area contributed by atoms with Crippen LogP contribution in [0.25, 0.3) is 0 Å². The van der Waals surface area contributed by atoms with E-state index in [-0.39, 0.29) is 12.4 Å². The molecular weight excluding hydrogens is 232 g/mol. The van der Waals surface area contributed by atoms with Crippen molar-refractivity contribution in [1.29, 1.82) is 0 Å². The number of aliphatic hydroxyl groups excluding tert-OH is 1. The van der Waals surface area contributed by atoms with E-state index >= 15 is 0 Å². The summed E-state index contributed by atoms with van der Waals surface area (Å²) in [6.07, 6.45) is -0.196. The molecule has 0 radical (unpaired) electrons. The Balaban J connectivity index is 2.79. The zero-order valence-electron chi connectivity index (χ0n) is 11.1. The molecule has 1 aromatic rings. The molecule has 0 saturated heterocycles. The van der Waals surface area contributed by atoms with Gasteiger partial charge in [-0.1, -0.05) is 11.6 Å². The van der Waals surface area contributed by atoms with Crippen LogP contribution in [0.3, 0.4) is 0 Å². The zero-order valence-corrected chi connectivity index (χ0v) is 11.1. The van der Waals surface area contributed by atoms with E-state index in [9.17, 15) is 9.90 Å². The third kappa shape index (κ3) is 4.04. The van der Waals surface area contributed by atoms with Crippen LogP contribution in [-0.4, -0.2) is 24.8 Å². The van der Waals surface area contributed by atoms with E-state index in [2.05, 4.69) is 4.74 Å². The molecule has 0 amide bonds. The standard InChI is InChI=1S/C14H20O4/c1-4-18-13-7-5-10(2)9-11(13)12(15)6-8-14(16)17-3/h5,7,9,12,15H,4,6,8H2,1-3H3. The van der Waals surface area contributed by atoms with Gasteiger partial charge in [-0.05, 0) is 32.4 Å². The van der Waals surface area contributed by atoms with E-state index < -0.39 is 6.10 Å². The largest absolute Gasteiger partial charge is 0.493 e. The first-order valence-corrected chi connectivity index (χ1v) is 6.06. The van der Waals surface area contributed by atoms with E-state index in [0.717, 1.165) is 11.1 Å². The summed E-state index contributed by atoms with van der Waals surface area (Å²) in [6.45, 7) is 4.39. The molecule has 0 bridgehead atoms. The smallest absolute Gasteiger partial charge is 0.305 e. The third-order valence-corrected chi connectivity index (χ3v) is 2.67. The minimum Gasteiger partial charge on any atom is -0.493 e. The molecule has 0 aliphatic heterocycles. The maximum absolute atomic E-state index is 11.1. The number of hydrogen-bond acceptors (Lipinski definition) is 4. The lowest BCUT2D eigenvalue weighted by atomic mass is 10.0. The van der Waals surface area contributed by atoms with Crippen LogP contribution >= 0.6 is 0 Å². The number of aryl methyl sites for hydroxylation is 1. The molecular formula is C14H20O4. The average molecular weight is 252 g/mol. The van der Waals surface area contributed by atoms with Gasteiger partial charge in [0.05, 0.1) is 19.8 Å². The fourth-order valence-electron chi connectivity index (χ4n) is 1.73. The predicted octanol–water partition coefficient (Wildman–Crippen LogP) is 2.38. The van der Waals surface area contributed by atoms with Gasteiger partial charge in [0.25, 0.3) is 0 Å². The molecule has 0 saturated carbocycles. The van der Waals surface area contributed by atoms with Crippen LogP contribution < -0.4 is 4.74 Å². The van der Waals surface area contributed by atoms with Crippen molar-refractivity contribution in [3.8, 4) is 5.75 Å². The van der Waals surface area contributed by atoms with Gasteiger partial charge in [-0.2, -0.15) is 0 Å². The molecule has 18 heavy (non-hydrogen) atoms.